The molecule has 0 aliphatic carbocycles. The largest absolute Gasteiger partial charge is 0.493 e. The first kappa shape index (κ1) is 19.5. The standard InChI is InChI=1S/C26H26N2O3/c1-16-9-11-19(17(2)13-16)21-15-22-20-7-5-6-8-23(20)31-26(28(22)27-21)18-10-12-24(29-3)25(14-18)30-4/h5-14,22,26H,15H2,1-4H3/t22-,26+/m0/s1. The molecule has 31 heavy (non-hydrogen) atoms. The van der Waals surface area contributed by atoms with Gasteiger partial charge in [-0.15, -0.1) is 0 Å². The van der Waals surface area contributed by atoms with Crippen molar-refractivity contribution in [3.63, 3.8) is 0 Å². The predicted molar refractivity (Wildman–Crippen MR) is 121 cm³/mol. The van der Waals surface area contributed by atoms with Gasteiger partial charge in [-0.2, -0.15) is 5.10 Å². The third kappa shape index (κ3) is 3.30. The summed E-state index contributed by atoms with van der Waals surface area (Å²) in [6.45, 7) is 4.27. The summed E-state index contributed by atoms with van der Waals surface area (Å²) in [6, 6.07) is 20.8. The molecule has 3 aromatic carbocycles. The van der Waals surface area contributed by atoms with Crippen LogP contribution in [0.5, 0.6) is 17.2 Å². The van der Waals surface area contributed by atoms with Crippen molar-refractivity contribution >= 4 is 5.71 Å². The molecule has 0 aromatic heterocycles. The number of ether oxygens (including phenoxy) is 3. The fourth-order valence-corrected chi connectivity index (χ4v) is 4.56. The molecule has 0 saturated heterocycles. The topological polar surface area (TPSA) is 43.3 Å². The van der Waals surface area contributed by atoms with Gasteiger partial charge in [0.15, 0.2) is 11.5 Å². The van der Waals surface area contributed by atoms with Crippen LogP contribution in [0.25, 0.3) is 0 Å². The van der Waals surface area contributed by atoms with E-state index in [1.54, 1.807) is 14.2 Å². The number of hydrogen-bond donors (Lipinski definition) is 0. The average Bonchev–Trinajstić information content (AvgIpc) is 3.23. The minimum Gasteiger partial charge on any atom is -0.493 e. The monoisotopic (exact) mass is 414 g/mol. The number of fused-ring (bicyclic) bond motifs is 3. The van der Waals surface area contributed by atoms with Crippen molar-refractivity contribution in [2.75, 3.05) is 14.2 Å². The van der Waals surface area contributed by atoms with Gasteiger partial charge in [0.05, 0.1) is 26.0 Å². The lowest BCUT2D eigenvalue weighted by atomic mass is 9.94. The smallest absolute Gasteiger partial charge is 0.214 e. The van der Waals surface area contributed by atoms with E-state index in [1.807, 2.05) is 30.3 Å². The zero-order valence-corrected chi connectivity index (χ0v) is 18.3. The van der Waals surface area contributed by atoms with Crippen molar-refractivity contribution < 1.29 is 14.2 Å². The molecule has 0 fully saturated rings. The summed E-state index contributed by atoms with van der Waals surface area (Å²) < 4.78 is 17.4. The van der Waals surface area contributed by atoms with Gasteiger partial charge in [0.1, 0.15) is 5.75 Å². The maximum absolute atomic E-state index is 6.46. The molecule has 0 N–H and O–H groups in total. The van der Waals surface area contributed by atoms with Crippen molar-refractivity contribution in [3.8, 4) is 17.2 Å². The second-order valence-electron chi connectivity index (χ2n) is 8.09. The number of aryl methyl sites for hydroxylation is 2. The van der Waals surface area contributed by atoms with E-state index < -0.39 is 0 Å². The van der Waals surface area contributed by atoms with Crippen LogP contribution in [0.4, 0.5) is 0 Å². The fraction of sp³-hybridized carbons (Fsp3) is 0.269. The lowest BCUT2D eigenvalue weighted by Gasteiger charge is -2.38. The summed E-state index contributed by atoms with van der Waals surface area (Å²) in [4.78, 5) is 0. The van der Waals surface area contributed by atoms with Crippen LogP contribution in [0.3, 0.4) is 0 Å². The van der Waals surface area contributed by atoms with Crippen LogP contribution >= 0.6 is 0 Å². The molecule has 5 rings (SSSR count). The van der Waals surface area contributed by atoms with E-state index in [2.05, 4.69) is 49.2 Å². The van der Waals surface area contributed by atoms with E-state index in [1.165, 1.54) is 22.3 Å². The van der Waals surface area contributed by atoms with Gasteiger partial charge < -0.3 is 14.2 Å². The Bertz CT molecular complexity index is 1170. The highest BCUT2D eigenvalue weighted by atomic mass is 16.5. The van der Waals surface area contributed by atoms with Gasteiger partial charge in [0.2, 0.25) is 6.23 Å². The van der Waals surface area contributed by atoms with Crippen LogP contribution in [-0.4, -0.2) is 24.9 Å². The number of methoxy groups -OCH3 is 2. The van der Waals surface area contributed by atoms with Crippen molar-refractivity contribution in [1.82, 2.24) is 5.01 Å². The first-order valence-corrected chi connectivity index (χ1v) is 10.5. The quantitative estimate of drug-likeness (QED) is 0.560. The average molecular weight is 415 g/mol. The Morgan fingerprint density at radius 2 is 1.74 bits per heavy atom. The van der Waals surface area contributed by atoms with Gasteiger partial charge in [-0.3, -0.25) is 0 Å². The SMILES string of the molecule is COc1ccc([C@H]2Oc3ccccc3[C@@H]3CC(c4ccc(C)cc4C)=NN23)cc1OC. The van der Waals surface area contributed by atoms with Crippen LogP contribution in [-0.2, 0) is 0 Å². The molecule has 0 radical (unpaired) electrons. The molecular weight excluding hydrogens is 388 g/mol. The molecule has 5 nitrogen and oxygen atoms in total. The van der Waals surface area contributed by atoms with Crippen LogP contribution in [0, 0.1) is 13.8 Å². The van der Waals surface area contributed by atoms with Crippen LogP contribution in [0.15, 0.2) is 65.8 Å². The normalized spacial score (nSPS) is 19.2. The highest BCUT2D eigenvalue weighted by Crippen LogP contribution is 2.48. The zero-order valence-electron chi connectivity index (χ0n) is 18.3. The summed E-state index contributed by atoms with van der Waals surface area (Å²) in [5.74, 6) is 2.28. The van der Waals surface area contributed by atoms with Crippen LogP contribution in [0.2, 0.25) is 0 Å². The van der Waals surface area contributed by atoms with E-state index in [-0.39, 0.29) is 12.3 Å². The summed E-state index contributed by atoms with van der Waals surface area (Å²) >= 11 is 0. The van der Waals surface area contributed by atoms with E-state index in [0.29, 0.717) is 11.5 Å². The maximum Gasteiger partial charge on any atom is 0.214 e. The molecule has 2 aliphatic heterocycles. The van der Waals surface area contributed by atoms with Crippen molar-refractivity contribution in [1.29, 1.82) is 0 Å². The molecule has 0 spiro atoms. The predicted octanol–water partition coefficient (Wildman–Crippen LogP) is 5.56. The van der Waals surface area contributed by atoms with Crippen molar-refractivity contribution in [3.05, 3.63) is 88.5 Å². The molecule has 0 unspecified atom stereocenters. The summed E-state index contributed by atoms with van der Waals surface area (Å²) in [7, 11) is 3.29. The molecule has 0 amide bonds. The van der Waals surface area contributed by atoms with Crippen LogP contribution in [0.1, 0.15) is 46.5 Å². The molecule has 2 atom stereocenters. The lowest BCUT2D eigenvalue weighted by Crippen LogP contribution is -2.33. The first-order valence-electron chi connectivity index (χ1n) is 10.5. The first-order chi connectivity index (χ1) is 15.1. The van der Waals surface area contributed by atoms with Gasteiger partial charge in [0.25, 0.3) is 0 Å². The number of para-hydroxylation sites is 1. The van der Waals surface area contributed by atoms with Crippen LogP contribution < -0.4 is 14.2 Å². The Kier molecular flexibility index (Phi) is 4.81. The van der Waals surface area contributed by atoms with Gasteiger partial charge in [-0.05, 0) is 43.7 Å². The maximum atomic E-state index is 6.46. The fourth-order valence-electron chi connectivity index (χ4n) is 4.56. The summed E-state index contributed by atoms with van der Waals surface area (Å²) in [5.41, 5.74) is 6.94. The number of hydrazone groups is 1. The Balaban J connectivity index is 1.60. The molecular formula is C26H26N2O3. The molecule has 2 heterocycles. The Labute approximate surface area is 182 Å². The number of hydrogen-bond acceptors (Lipinski definition) is 5. The third-order valence-corrected chi connectivity index (χ3v) is 6.08. The highest BCUT2D eigenvalue weighted by molar-refractivity contribution is 6.03. The summed E-state index contributed by atoms with van der Waals surface area (Å²) in [5, 5.41) is 7.17. The van der Waals surface area contributed by atoms with Gasteiger partial charge >= 0.3 is 0 Å². The molecule has 0 bridgehead atoms. The van der Waals surface area contributed by atoms with E-state index in [4.69, 9.17) is 19.3 Å². The second-order valence-corrected chi connectivity index (χ2v) is 8.09. The Morgan fingerprint density at radius 1 is 0.935 bits per heavy atom. The lowest BCUT2D eigenvalue weighted by molar-refractivity contribution is -0.0191. The van der Waals surface area contributed by atoms with Gasteiger partial charge in [-0.1, -0.05) is 42.0 Å². The number of rotatable bonds is 4. The Hall–Kier alpha value is -3.47. The van der Waals surface area contributed by atoms with Gasteiger partial charge in [-0.25, -0.2) is 5.01 Å². The molecule has 3 aromatic rings. The molecule has 0 saturated carbocycles. The third-order valence-electron chi connectivity index (χ3n) is 6.08. The van der Waals surface area contributed by atoms with Gasteiger partial charge in [0, 0.05) is 23.1 Å². The zero-order chi connectivity index (χ0) is 21.5. The second kappa shape index (κ2) is 7.65. The van der Waals surface area contributed by atoms with E-state index >= 15 is 0 Å². The van der Waals surface area contributed by atoms with Crippen molar-refractivity contribution in [2.24, 2.45) is 5.10 Å². The molecule has 158 valence electrons. The number of benzene rings is 3. The van der Waals surface area contributed by atoms with E-state index in [0.717, 1.165) is 23.4 Å². The molecule has 2 aliphatic rings. The Morgan fingerprint density at radius 3 is 2.52 bits per heavy atom. The number of nitrogens with zero attached hydrogens (tertiary/aromatic N) is 2. The molecule has 5 heteroatoms. The summed E-state index contributed by atoms with van der Waals surface area (Å²) in [6.07, 6.45) is 0.497. The highest BCUT2D eigenvalue weighted by Gasteiger charge is 2.41. The minimum absolute atomic E-state index is 0.124. The van der Waals surface area contributed by atoms with E-state index in [9.17, 15) is 0 Å². The van der Waals surface area contributed by atoms with Crippen molar-refractivity contribution in [2.45, 2.75) is 32.5 Å². The minimum atomic E-state index is -0.344.